The molecule has 0 aliphatic carbocycles. The van der Waals surface area contributed by atoms with Gasteiger partial charge in [0.05, 0.1) is 12.0 Å². The normalized spacial score (nSPS) is 11.0. The quantitative estimate of drug-likeness (QED) is 0.803. The molecule has 0 saturated heterocycles. The average Bonchev–Trinajstić information content (AvgIpc) is 2.51. The summed E-state index contributed by atoms with van der Waals surface area (Å²) in [5.74, 6) is -0.857. The minimum atomic E-state index is -4.00. The van der Waals surface area contributed by atoms with Crippen LogP contribution in [0.25, 0.3) is 0 Å². The molecular weight excluding hydrogens is 324 g/mol. The Morgan fingerprint density at radius 3 is 2.70 bits per heavy atom. The van der Waals surface area contributed by atoms with E-state index in [0.29, 0.717) is 5.75 Å². The Morgan fingerprint density at radius 1 is 1.30 bits per heavy atom. The highest BCUT2D eigenvalue weighted by molar-refractivity contribution is 7.92. The molecule has 2 rings (SSSR count). The summed E-state index contributed by atoms with van der Waals surface area (Å²) in [6.07, 6.45) is 1.26. The Balaban J connectivity index is 2.37. The molecule has 0 bridgehead atoms. The lowest BCUT2D eigenvalue weighted by atomic mass is 10.3. The number of sulfonamides is 1. The number of aliphatic carboxylic acids is 1. The predicted molar refractivity (Wildman–Crippen MR) is 82.1 cm³/mol. The summed E-state index contributed by atoms with van der Waals surface area (Å²) in [5, 5.41) is 8.74. The van der Waals surface area contributed by atoms with Crippen molar-refractivity contribution in [2.75, 3.05) is 11.8 Å². The third-order valence-electron chi connectivity index (χ3n) is 2.92. The van der Waals surface area contributed by atoms with Crippen molar-refractivity contribution >= 4 is 21.7 Å². The summed E-state index contributed by atoms with van der Waals surface area (Å²) < 4.78 is 32.7. The molecule has 0 spiro atoms. The van der Waals surface area contributed by atoms with Crippen LogP contribution in [0.5, 0.6) is 5.75 Å². The van der Waals surface area contributed by atoms with Crippen molar-refractivity contribution in [3.8, 4) is 5.75 Å². The van der Waals surface area contributed by atoms with Crippen molar-refractivity contribution < 1.29 is 23.1 Å². The third-order valence-corrected chi connectivity index (χ3v) is 4.28. The molecule has 0 amide bonds. The van der Waals surface area contributed by atoms with E-state index in [1.807, 2.05) is 0 Å². The largest absolute Gasteiger partial charge is 0.497 e. The van der Waals surface area contributed by atoms with E-state index in [1.165, 1.54) is 43.6 Å². The van der Waals surface area contributed by atoms with Crippen molar-refractivity contribution in [3.05, 3.63) is 52.9 Å². The molecule has 0 atom stereocenters. The molecule has 0 aliphatic rings. The zero-order valence-electron chi connectivity index (χ0n) is 12.1. The molecule has 9 heteroatoms. The SMILES string of the molecule is COc1cccc(S(=O)(=O)Nc2cccn(CC(=O)O)c2=O)c1. The lowest BCUT2D eigenvalue weighted by Crippen LogP contribution is -2.27. The third kappa shape index (κ3) is 3.89. The minimum absolute atomic E-state index is 0.0788. The van der Waals surface area contributed by atoms with Crippen molar-refractivity contribution in [1.82, 2.24) is 4.57 Å². The smallest absolute Gasteiger partial charge is 0.323 e. The zero-order chi connectivity index (χ0) is 17.0. The number of anilines is 1. The standard InChI is InChI=1S/C14H14N2O6S/c1-22-10-4-2-5-11(8-10)23(20,21)15-12-6-3-7-16(14(12)19)9-13(17)18/h2-8,15H,9H2,1H3,(H,17,18). The maximum absolute atomic E-state index is 12.3. The Bertz CT molecular complexity index is 888. The molecule has 122 valence electrons. The Morgan fingerprint density at radius 2 is 2.04 bits per heavy atom. The molecule has 0 unspecified atom stereocenters. The van der Waals surface area contributed by atoms with Gasteiger partial charge in [-0.15, -0.1) is 0 Å². The van der Waals surface area contributed by atoms with E-state index in [2.05, 4.69) is 4.72 Å². The number of pyridine rings is 1. The summed E-state index contributed by atoms with van der Waals surface area (Å²) in [6, 6.07) is 8.39. The van der Waals surface area contributed by atoms with Crippen molar-refractivity contribution in [2.45, 2.75) is 11.4 Å². The molecule has 0 radical (unpaired) electrons. The zero-order valence-corrected chi connectivity index (χ0v) is 12.9. The van der Waals surface area contributed by atoms with Gasteiger partial charge in [-0.05, 0) is 24.3 Å². The molecule has 2 aromatic rings. The molecule has 8 nitrogen and oxygen atoms in total. The fraction of sp³-hybridized carbons (Fsp3) is 0.143. The highest BCUT2D eigenvalue weighted by Gasteiger charge is 2.17. The number of ether oxygens (including phenoxy) is 1. The molecule has 1 aromatic heterocycles. The van der Waals surface area contributed by atoms with Gasteiger partial charge in [0.15, 0.2) is 0 Å². The molecule has 0 fully saturated rings. The first-order valence-electron chi connectivity index (χ1n) is 6.41. The van der Waals surface area contributed by atoms with Crippen LogP contribution < -0.4 is 15.0 Å². The summed E-state index contributed by atoms with van der Waals surface area (Å²) in [5.41, 5.74) is -0.988. The van der Waals surface area contributed by atoms with E-state index in [-0.39, 0.29) is 10.6 Å². The van der Waals surface area contributed by atoms with E-state index in [1.54, 1.807) is 6.07 Å². The van der Waals surface area contributed by atoms with Crippen LogP contribution in [-0.2, 0) is 21.4 Å². The van der Waals surface area contributed by atoms with E-state index in [0.717, 1.165) is 4.57 Å². The van der Waals surface area contributed by atoms with Gasteiger partial charge in [0, 0.05) is 12.3 Å². The number of methoxy groups -OCH3 is 1. The topological polar surface area (TPSA) is 115 Å². The lowest BCUT2D eigenvalue weighted by Gasteiger charge is -2.10. The van der Waals surface area contributed by atoms with Crippen molar-refractivity contribution in [2.24, 2.45) is 0 Å². The van der Waals surface area contributed by atoms with Crippen LogP contribution in [0.3, 0.4) is 0 Å². The fourth-order valence-electron chi connectivity index (χ4n) is 1.86. The Hall–Kier alpha value is -2.81. The number of benzene rings is 1. The molecule has 23 heavy (non-hydrogen) atoms. The van der Waals surface area contributed by atoms with Gasteiger partial charge in [-0.2, -0.15) is 0 Å². The Labute approximate surface area is 132 Å². The first-order chi connectivity index (χ1) is 10.8. The minimum Gasteiger partial charge on any atom is -0.497 e. The maximum Gasteiger partial charge on any atom is 0.323 e. The van der Waals surface area contributed by atoms with E-state index >= 15 is 0 Å². The fourth-order valence-corrected chi connectivity index (χ4v) is 2.95. The summed E-state index contributed by atoms with van der Waals surface area (Å²) in [4.78, 5) is 22.7. The number of rotatable bonds is 6. The molecule has 1 aromatic carbocycles. The number of aromatic nitrogens is 1. The molecule has 2 N–H and O–H groups in total. The van der Waals surface area contributed by atoms with Crippen LogP contribution in [0.4, 0.5) is 5.69 Å². The summed E-state index contributed by atoms with van der Waals surface area (Å²) >= 11 is 0. The van der Waals surface area contributed by atoms with Gasteiger partial charge >= 0.3 is 5.97 Å². The molecule has 1 heterocycles. The Kier molecular flexibility index (Phi) is 4.70. The van der Waals surface area contributed by atoms with Gasteiger partial charge in [0.2, 0.25) is 0 Å². The van der Waals surface area contributed by atoms with Crippen LogP contribution in [0.15, 0.2) is 52.3 Å². The van der Waals surface area contributed by atoms with Crippen LogP contribution in [0, 0.1) is 0 Å². The number of hydrogen-bond acceptors (Lipinski definition) is 5. The first kappa shape index (κ1) is 16.6. The lowest BCUT2D eigenvalue weighted by molar-refractivity contribution is -0.137. The van der Waals surface area contributed by atoms with Crippen molar-refractivity contribution in [3.63, 3.8) is 0 Å². The van der Waals surface area contributed by atoms with Crippen LogP contribution >= 0.6 is 0 Å². The van der Waals surface area contributed by atoms with Gasteiger partial charge in [0.25, 0.3) is 15.6 Å². The van der Waals surface area contributed by atoms with Crippen LogP contribution in [-0.4, -0.2) is 31.2 Å². The molecule has 0 aliphatic heterocycles. The number of nitrogens with zero attached hydrogens (tertiary/aromatic N) is 1. The second kappa shape index (κ2) is 6.53. The summed E-state index contributed by atoms with van der Waals surface area (Å²) in [7, 11) is -2.60. The van der Waals surface area contributed by atoms with Gasteiger partial charge < -0.3 is 14.4 Å². The van der Waals surface area contributed by atoms with Gasteiger partial charge in [0.1, 0.15) is 18.0 Å². The summed E-state index contributed by atoms with van der Waals surface area (Å²) in [6.45, 7) is -0.562. The predicted octanol–water partition coefficient (Wildman–Crippen LogP) is 0.742. The average molecular weight is 338 g/mol. The second-order valence-electron chi connectivity index (χ2n) is 4.53. The van der Waals surface area contributed by atoms with E-state index < -0.39 is 28.1 Å². The highest BCUT2D eigenvalue weighted by Crippen LogP contribution is 2.19. The van der Waals surface area contributed by atoms with Crippen LogP contribution in [0.1, 0.15) is 0 Å². The number of carboxylic acids is 1. The van der Waals surface area contributed by atoms with Gasteiger partial charge in [-0.3, -0.25) is 14.3 Å². The van der Waals surface area contributed by atoms with E-state index in [4.69, 9.17) is 9.84 Å². The van der Waals surface area contributed by atoms with Crippen molar-refractivity contribution in [1.29, 1.82) is 0 Å². The first-order valence-corrected chi connectivity index (χ1v) is 7.90. The monoisotopic (exact) mass is 338 g/mol. The molecule has 0 saturated carbocycles. The second-order valence-corrected chi connectivity index (χ2v) is 6.22. The number of carbonyl (C=O) groups is 1. The van der Waals surface area contributed by atoms with Gasteiger partial charge in [-0.25, -0.2) is 8.42 Å². The number of carboxylic acid groups (broad SMARTS) is 1. The van der Waals surface area contributed by atoms with Gasteiger partial charge in [-0.1, -0.05) is 6.07 Å². The maximum atomic E-state index is 12.3. The highest BCUT2D eigenvalue weighted by atomic mass is 32.2. The number of hydrogen-bond donors (Lipinski definition) is 2. The molecular formula is C14H14N2O6S. The van der Waals surface area contributed by atoms with Crippen LogP contribution in [0.2, 0.25) is 0 Å². The van der Waals surface area contributed by atoms with E-state index in [9.17, 15) is 18.0 Å². The number of nitrogens with one attached hydrogen (secondary N) is 1.